The fourth-order valence-electron chi connectivity index (χ4n) is 2.87. The first-order valence-electron chi connectivity index (χ1n) is 9.75. The summed E-state index contributed by atoms with van der Waals surface area (Å²) in [6.45, 7) is 6.77. The predicted molar refractivity (Wildman–Crippen MR) is 122 cm³/mol. The van der Waals surface area contributed by atoms with Crippen LogP contribution in [0.4, 0.5) is 5.69 Å². The molecular weight excluding hydrogens is 446 g/mol. The molecule has 0 aliphatic carbocycles. The van der Waals surface area contributed by atoms with Crippen LogP contribution in [0.1, 0.15) is 29.8 Å². The molecule has 3 aromatic rings. The molecule has 30 heavy (non-hydrogen) atoms. The first-order valence-corrected chi connectivity index (χ1v) is 10.5. The molecule has 5 nitrogen and oxygen atoms in total. The van der Waals surface area contributed by atoms with Crippen molar-refractivity contribution in [3.8, 4) is 23.0 Å². The molecule has 3 rings (SSSR count). The number of anilines is 1. The van der Waals surface area contributed by atoms with Gasteiger partial charge in [-0.05, 0) is 90.8 Å². The molecule has 1 N–H and O–H groups in total. The lowest BCUT2D eigenvalue weighted by Gasteiger charge is -2.14. The number of rotatable bonds is 8. The van der Waals surface area contributed by atoms with Crippen LogP contribution in [0.2, 0.25) is 0 Å². The largest absolute Gasteiger partial charge is 0.490 e. The molecule has 0 saturated carbocycles. The summed E-state index contributed by atoms with van der Waals surface area (Å²) in [5.41, 5.74) is 2.26. The lowest BCUT2D eigenvalue weighted by atomic mass is 10.1. The van der Waals surface area contributed by atoms with E-state index in [1.165, 1.54) is 0 Å². The van der Waals surface area contributed by atoms with Gasteiger partial charge in [-0.2, -0.15) is 0 Å². The van der Waals surface area contributed by atoms with Crippen LogP contribution in [0, 0.1) is 6.92 Å². The monoisotopic (exact) mass is 469 g/mol. The van der Waals surface area contributed by atoms with E-state index in [1.54, 1.807) is 24.3 Å². The van der Waals surface area contributed by atoms with Crippen molar-refractivity contribution in [2.24, 2.45) is 0 Å². The van der Waals surface area contributed by atoms with Gasteiger partial charge in [0, 0.05) is 11.3 Å². The highest BCUT2D eigenvalue weighted by molar-refractivity contribution is 9.10. The number of carbonyl (C=O) groups is 1. The standard InChI is InChI=1S/C24H24BrNO4/c1-4-28-22-15-17(14-21(25)23(22)29-5-2)24(27)26-18-9-11-19(12-10-18)30-20-8-6-7-16(3)13-20/h6-15H,4-5H2,1-3H3,(H,26,27). The molecule has 0 fully saturated rings. The summed E-state index contributed by atoms with van der Waals surface area (Å²) >= 11 is 3.47. The summed E-state index contributed by atoms with van der Waals surface area (Å²) < 4.78 is 17.8. The van der Waals surface area contributed by atoms with Crippen LogP contribution in [0.5, 0.6) is 23.0 Å². The van der Waals surface area contributed by atoms with Crippen molar-refractivity contribution in [3.63, 3.8) is 0 Å². The van der Waals surface area contributed by atoms with Crippen molar-refractivity contribution in [2.45, 2.75) is 20.8 Å². The minimum atomic E-state index is -0.243. The second-order valence-electron chi connectivity index (χ2n) is 6.55. The predicted octanol–water partition coefficient (Wildman–Crippen LogP) is 6.60. The maximum absolute atomic E-state index is 12.7. The van der Waals surface area contributed by atoms with E-state index in [0.29, 0.717) is 46.2 Å². The molecule has 0 spiro atoms. The molecule has 156 valence electrons. The van der Waals surface area contributed by atoms with Crippen molar-refractivity contribution in [2.75, 3.05) is 18.5 Å². The van der Waals surface area contributed by atoms with E-state index in [9.17, 15) is 4.79 Å². The summed E-state index contributed by atoms with van der Waals surface area (Å²) in [5, 5.41) is 2.89. The third-order valence-electron chi connectivity index (χ3n) is 4.20. The van der Waals surface area contributed by atoms with Crippen molar-refractivity contribution in [3.05, 3.63) is 76.3 Å². The third-order valence-corrected chi connectivity index (χ3v) is 4.79. The molecule has 0 aromatic heterocycles. The number of halogens is 1. The van der Waals surface area contributed by atoms with E-state index in [-0.39, 0.29) is 5.91 Å². The maximum atomic E-state index is 12.7. The number of nitrogens with one attached hydrogen (secondary N) is 1. The Morgan fingerprint density at radius 3 is 2.33 bits per heavy atom. The Morgan fingerprint density at radius 1 is 0.933 bits per heavy atom. The molecule has 0 bridgehead atoms. The molecule has 0 saturated heterocycles. The SMILES string of the molecule is CCOc1cc(C(=O)Nc2ccc(Oc3cccc(C)c3)cc2)cc(Br)c1OCC. The van der Waals surface area contributed by atoms with E-state index in [1.807, 2.05) is 57.2 Å². The summed E-state index contributed by atoms with van der Waals surface area (Å²) in [5.74, 6) is 2.34. The minimum absolute atomic E-state index is 0.243. The van der Waals surface area contributed by atoms with Crippen LogP contribution in [-0.2, 0) is 0 Å². The Hall–Kier alpha value is -2.99. The Kier molecular flexibility index (Phi) is 7.36. The molecule has 0 atom stereocenters. The fourth-order valence-corrected chi connectivity index (χ4v) is 3.43. The van der Waals surface area contributed by atoms with Crippen LogP contribution in [0.25, 0.3) is 0 Å². The molecule has 0 radical (unpaired) electrons. The lowest BCUT2D eigenvalue weighted by Crippen LogP contribution is -2.12. The van der Waals surface area contributed by atoms with E-state index in [0.717, 1.165) is 11.3 Å². The van der Waals surface area contributed by atoms with Crippen molar-refractivity contribution in [1.82, 2.24) is 0 Å². The molecule has 0 heterocycles. The van der Waals surface area contributed by atoms with Gasteiger partial charge in [0.05, 0.1) is 17.7 Å². The average molecular weight is 470 g/mol. The first kappa shape index (κ1) is 21.7. The van der Waals surface area contributed by atoms with Gasteiger partial charge in [0.15, 0.2) is 11.5 Å². The fraction of sp³-hybridized carbons (Fsp3) is 0.208. The van der Waals surface area contributed by atoms with E-state index in [4.69, 9.17) is 14.2 Å². The second kappa shape index (κ2) is 10.2. The second-order valence-corrected chi connectivity index (χ2v) is 7.40. The van der Waals surface area contributed by atoms with Crippen molar-refractivity contribution in [1.29, 1.82) is 0 Å². The highest BCUT2D eigenvalue weighted by Crippen LogP contribution is 2.37. The molecule has 1 amide bonds. The molecule has 0 aliphatic heterocycles. The van der Waals surface area contributed by atoms with Gasteiger partial charge in [-0.1, -0.05) is 12.1 Å². The van der Waals surface area contributed by atoms with Crippen molar-refractivity contribution >= 4 is 27.5 Å². The van der Waals surface area contributed by atoms with Gasteiger partial charge in [-0.15, -0.1) is 0 Å². The molecule has 0 aliphatic rings. The summed E-state index contributed by atoms with van der Waals surface area (Å²) in [6.07, 6.45) is 0. The normalized spacial score (nSPS) is 10.4. The smallest absolute Gasteiger partial charge is 0.255 e. The minimum Gasteiger partial charge on any atom is -0.490 e. The highest BCUT2D eigenvalue weighted by Gasteiger charge is 2.16. The number of hydrogen-bond donors (Lipinski definition) is 1. The van der Waals surface area contributed by atoms with Gasteiger partial charge in [0.1, 0.15) is 11.5 Å². The van der Waals surface area contributed by atoms with E-state index < -0.39 is 0 Å². The highest BCUT2D eigenvalue weighted by atomic mass is 79.9. The van der Waals surface area contributed by atoms with Gasteiger partial charge < -0.3 is 19.5 Å². The van der Waals surface area contributed by atoms with Crippen molar-refractivity contribution < 1.29 is 19.0 Å². The zero-order valence-electron chi connectivity index (χ0n) is 17.2. The van der Waals surface area contributed by atoms with Gasteiger partial charge in [0.25, 0.3) is 5.91 Å². The van der Waals surface area contributed by atoms with Crippen LogP contribution in [0.3, 0.4) is 0 Å². The van der Waals surface area contributed by atoms with Gasteiger partial charge >= 0.3 is 0 Å². The van der Waals surface area contributed by atoms with Crippen LogP contribution >= 0.6 is 15.9 Å². The van der Waals surface area contributed by atoms with Crippen LogP contribution in [-0.4, -0.2) is 19.1 Å². The summed E-state index contributed by atoms with van der Waals surface area (Å²) in [7, 11) is 0. The maximum Gasteiger partial charge on any atom is 0.255 e. The van der Waals surface area contributed by atoms with E-state index in [2.05, 4.69) is 21.2 Å². The Bertz CT molecular complexity index is 1020. The van der Waals surface area contributed by atoms with Gasteiger partial charge in [-0.25, -0.2) is 0 Å². The zero-order chi connectivity index (χ0) is 21.5. The number of ether oxygens (including phenoxy) is 3. The summed E-state index contributed by atoms with van der Waals surface area (Å²) in [4.78, 5) is 12.7. The number of benzene rings is 3. The molecule has 3 aromatic carbocycles. The third kappa shape index (κ3) is 5.54. The van der Waals surface area contributed by atoms with Gasteiger partial charge in [-0.3, -0.25) is 4.79 Å². The zero-order valence-corrected chi connectivity index (χ0v) is 18.8. The average Bonchev–Trinajstić information content (AvgIpc) is 2.72. The Morgan fingerprint density at radius 2 is 1.67 bits per heavy atom. The van der Waals surface area contributed by atoms with Crippen LogP contribution < -0.4 is 19.5 Å². The number of amides is 1. The first-order chi connectivity index (χ1) is 14.5. The molecular formula is C24H24BrNO4. The number of aryl methyl sites for hydroxylation is 1. The van der Waals surface area contributed by atoms with Gasteiger partial charge in [0.2, 0.25) is 0 Å². The number of hydrogen-bond acceptors (Lipinski definition) is 4. The molecule has 0 unspecified atom stereocenters. The topological polar surface area (TPSA) is 56.8 Å². The van der Waals surface area contributed by atoms with Crippen LogP contribution in [0.15, 0.2) is 65.1 Å². The Balaban J connectivity index is 1.72. The van der Waals surface area contributed by atoms with E-state index >= 15 is 0 Å². The lowest BCUT2D eigenvalue weighted by molar-refractivity contribution is 0.102. The summed E-state index contributed by atoms with van der Waals surface area (Å²) in [6, 6.07) is 18.5. The Labute approximate surface area is 185 Å². The quantitative estimate of drug-likeness (QED) is 0.403. The number of carbonyl (C=O) groups excluding carboxylic acids is 1. The molecule has 6 heteroatoms.